The van der Waals surface area contributed by atoms with E-state index < -0.39 is 0 Å². The molecule has 0 aliphatic heterocycles. The predicted molar refractivity (Wildman–Crippen MR) is 81.6 cm³/mol. The van der Waals surface area contributed by atoms with Crippen LogP contribution in [0.5, 0.6) is 11.5 Å². The molecule has 1 unspecified atom stereocenters. The Labute approximate surface area is 124 Å². The zero-order chi connectivity index (χ0) is 14.5. The van der Waals surface area contributed by atoms with Crippen molar-refractivity contribution in [2.24, 2.45) is 5.73 Å². The molecule has 3 nitrogen and oxygen atoms in total. The average molecular weight is 292 g/mol. The first-order valence-corrected chi connectivity index (χ1v) is 6.76. The Morgan fingerprint density at radius 1 is 1.10 bits per heavy atom. The Morgan fingerprint density at radius 3 is 2.35 bits per heavy atom. The van der Waals surface area contributed by atoms with E-state index in [2.05, 4.69) is 0 Å². The molecule has 0 spiro atoms. The summed E-state index contributed by atoms with van der Waals surface area (Å²) in [6.07, 6.45) is 0. The fraction of sp³-hybridized carbons (Fsp3) is 0.250. The normalized spacial score (nSPS) is 12.0. The zero-order valence-corrected chi connectivity index (χ0v) is 12.4. The van der Waals surface area contributed by atoms with Crippen LogP contribution in [-0.2, 0) is 0 Å². The quantitative estimate of drug-likeness (QED) is 0.913. The number of rotatable bonds is 5. The molecule has 4 heteroatoms. The molecule has 2 aromatic rings. The number of hydrogen-bond donors (Lipinski definition) is 1. The van der Waals surface area contributed by atoms with Gasteiger partial charge in [0.15, 0.2) is 0 Å². The molecule has 0 heterocycles. The molecule has 0 fully saturated rings. The van der Waals surface area contributed by atoms with Gasteiger partial charge in [-0.3, -0.25) is 0 Å². The molecule has 0 radical (unpaired) electrons. The van der Waals surface area contributed by atoms with Gasteiger partial charge in [-0.25, -0.2) is 0 Å². The lowest BCUT2D eigenvalue weighted by Gasteiger charge is -2.14. The van der Waals surface area contributed by atoms with E-state index in [0.29, 0.717) is 6.61 Å². The van der Waals surface area contributed by atoms with E-state index in [1.54, 1.807) is 7.11 Å². The SMILES string of the molecule is COc1ccc(C(N)COc2ccc(Cl)c(C)c2)cc1. The monoisotopic (exact) mass is 291 g/mol. The molecule has 1 atom stereocenters. The number of halogens is 1. The third-order valence-corrected chi connectivity index (χ3v) is 3.53. The molecular weight excluding hydrogens is 274 g/mol. The second kappa shape index (κ2) is 6.64. The maximum absolute atomic E-state index is 6.11. The highest BCUT2D eigenvalue weighted by atomic mass is 35.5. The van der Waals surface area contributed by atoms with E-state index in [4.69, 9.17) is 26.8 Å². The van der Waals surface area contributed by atoms with E-state index in [1.165, 1.54) is 0 Å². The van der Waals surface area contributed by atoms with Gasteiger partial charge in [0.05, 0.1) is 13.2 Å². The number of ether oxygens (including phenoxy) is 2. The van der Waals surface area contributed by atoms with Crippen LogP contribution in [0.2, 0.25) is 5.02 Å². The Morgan fingerprint density at radius 2 is 1.75 bits per heavy atom. The summed E-state index contributed by atoms with van der Waals surface area (Å²) in [5.74, 6) is 1.59. The highest BCUT2D eigenvalue weighted by Crippen LogP contribution is 2.22. The van der Waals surface area contributed by atoms with Crippen LogP contribution < -0.4 is 15.2 Å². The summed E-state index contributed by atoms with van der Waals surface area (Å²) in [7, 11) is 1.64. The first-order valence-electron chi connectivity index (χ1n) is 6.38. The van der Waals surface area contributed by atoms with Crippen molar-refractivity contribution in [1.29, 1.82) is 0 Å². The van der Waals surface area contributed by atoms with Crippen LogP contribution >= 0.6 is 11.6 Å². The molecule has 2 rings (SSSR count). The van der Waals surface area contributed by atoms with Gasteiger partial charge in [-0.05, 0) is 48.4 Å². The van der Waals surface area contributed by atoms with Crippen LogP contribution in [-0.4, -0.2) is 13.7 Å². The summed E-state index contributed by atoms with van der Waals surface area (Å²) in [5.41, 5.74) is 8.11. The standard InChI is InChI=1S/C16H18ClNO2/c1-11-9-14(7-8-15(11)17)20-10-16(18)12-3-5-13(19-2)6-4-12/h3-9,16H,10,18H2,1-2H3. The van der Waals surface area contributed by atoms with Crippen molar-refractivity contribution in [3.8, 4) is 11.5 Å². The van der Waals surface area contributed by atoms with Gasteiger partial charge >= 0.3 is 0 Å². The third kappa shape index (κ3) is 3.65. The number of aryl methyl sites for hydroxylation is 1. The first-order chi connectivity index (χ1) is 9.60. The molecule has 0 saturated heterocycles. The highest BCUT2D eigenvalue weighted by Gasteiger charge is 2.07. The summed E-state index contributed by atoms with van der Waals surface area (Å²) in [4.78, 5) is 0. The van der Waals surface area contributed by atoms with Crippen molar-refractivity contribution in [1.82, 2.24) is 0 Å². The van der Waals surface area contributed by atoms with E-state index in [-0.39, 0.29) is 6.04 Å². The van der Waals surface area contributed by atoms with Gasteiger partial charge in [-0.15, -0.1) is 0 Å². The lowest BCUT2D eigenvalue weighted by atomic mass is 10.1. The molecule has 0 saturated carbocycles. The predicted octanol–water partition coefficient (Wildman–Crippen LogP) is 3.74. The van der Waals surface area contributed by atoms with Crippen molar-refractivity contribution in [3.05, 3.63) is 58.6 Å². The summed E-state index contributed by atoms with van der Waals surface area (Å²) in [6, 6.07) is 13.1. The van der Waals surface area contributed by atoms with Crippen LogP contribution in [0.3, 0.4) is 0 Å². The number of hydrogen-bond acceptors (Lipinski definition) is 3. The van der Waals surface area contributed by atoms with Gasteiger partial charge in [0.25, 0.3) is 0 Å². The van der Waals surface area contributed by atoms with Crippen molar-refractivity contribution in [2.45, 2.75) is 13.0 Å². The fourth-order valence-electron chi connectivity index (χ4n) is 1.84. The smallest absolute Gasteiger partial charge is 0.119 e. The molecule has 0 aromatic heterocycles. The molecule has 0 aliphatic carbocycles. The summed E-state index contributed by atoms with van der Waals surface area (Å²) in [6.45, 7) is 2.35. The fourth-order valence-corrected chi connectivity index (χ4v) is 1.96. The maximum atomic E-state index is 6.11. The molecular formula is C16H18ClNO2. The van der Waals surface area contributed by atoms with E-state index in [1.807, 2.05) is 49.4 Å². The molecule has 0 aliphatic rings. The minimum atomic E-state index is -0.183. The molecule has 0 amide bonds. The van der Waals surface area contributed by atoms with E-state index in [0.717, 1.165) is 27.6 Å². The molecule has 2 N–H and O–H groups in total. The lowest BCUT2D eigenvalue weighted by Crippen LogP contribution is -2.18. The Bertz CT molecular complexity index is 569. The molecule has 20 heavy (non-hydrogen) atoms. The Kier molecular flexibility index (Phi) is 4.88. The van der Waals surface area contributed by atoms with E-state index >= 15 is 0 Å². The van der Waals surface area contributed by atoms with Gasteiger partial charge in [0, 0.05) is 5.02 Å². The number of nitrogens with two attached hydrogens (primary N) is 1. The van der Waals surface area contributed by atoms with Gasteiger partial charge in [0.2, 0.25) is 0 Å². The summed E-state index contributed by atoms with van der Waals surface area (Å²) >= 11 is 5.98. The van der Waals surface area contributed by atoms with Gasteiger partial charge in [-0.2, -0.15) is 0 Å². The minimum absolute atomic E-state index is 0.183. The Hall–Kier alpha value is -1.71. The van der Waals surface area contributed by atoms with Crippen LogP contribution in [0.25, 0.3) is 0 Å². The van der Waals surface area contributed by atoms with Gasteiger partial charge in [-0.1, -0.05) is 23.7 Å². The van der Waals surface area contributed by atoms with Crippen molar-refractivity contribution >= 4 is 11.6 Å². The van der Waals surface area contributed by atoms with Crippen LogP contribution in [0, 0.1) is 6.92 Å². The van der Waals surface area contributed by atoms with E-state index in [9.17, 15) is 0 Å². The highest BCUT2D eigenvalue weighted by molar-refractivity contribution is 6.31. The van der Waals surface area contributed by atoms with Crippen molar-refractivity contribution in [3.63, 3.8) is 0 Å². The molecule has 2 aromatic carbocycles. The summed E-state index contributed by atoms with van der Waals surface area (Å²) in [5, 5.41) is 0.733. The largest absolute Gasteiger partial charge is 0.497 e. The topological polar surface area (TPSA) is 44.5 Å². The van der Waals surface area contributed by atoms with Gasteiger partial charge in [0.1, 0.15) is 18.1 Å². The Balaban J connectivity index is 1.96. The molecule has 106 valence electrons. The number of methoxy groups -OCH3 is 1. The van der Waals surface area contributed by atoms with Crippen molar-refractivity contribution < 1.29 is 9.47 Å². The number of benzene rings is 2. The third-order valence-electron chi connectivity index (χ3n) is 3.10. The second-order valence-electron chi connectivity index (χ2n) is 4.60. The second-order valence-corrected chi connectivity index (χ2v) is 5.01. The van der Waals surface area contributed by atoms with Gasteiger partial charge < -0.3 is 15.2 Å². The van der Waals surface area contributed by atoms with Crippen molar-refractivity contribution in [2.75, 3.05) is 13.7 Å². The minimum Gasteiger partial charge on any atom is -0.497 e. The van der Waals surface area contributed by atoms with Crippen LogP contribution in [0.15, 0.2) is 42.5 Å². The van der Waals surface area contributed by atoms with Crippen LogP contribution in [0.1, 0.15) is 17.2 Å². The summed E-state index contributed by atoms with van der Waals surface area (Å²) < 4.78 is 10.8. The maximum Gasteiger partial charge on any atom is 0.119 e. The zero-order valence-electron chi connectivity index (χ0n) is 11.6. The van der Waals surface area contributed by atoms with Crippen LogP contribution in [0.4, 0.5) is 0 Å². The lowest BCUT2D eigenvalue weighted by molar-refractivity contribution is 0.290. The first kappa shape index (κ1) is 14.7. The average Bonchev–Trinajstić information content (AvgIpc) is 2.48. The molecule has 0 bridgehead atoms.